The van der Waals surface area contributed by atoms with Crippen LogP contribution in [-0.4, -0.2) is 7.05 Å². The zero-order valence-corrected chi connectivity index (χ0v) is 31.3. The molecule has 1 heterocycles. The largest absolute Gasteiger partial charge is 0.343 e. The first-order valence-corrected chi connectivity index (χ1v) is 19.6. The second-order valence-corrected chi connectivity index (χ2v) is 16.4. The molecule has 1 nitrogen and oxygen atoms in total. The van der Waals surface area contributed by atoms with Crippen molar-refractivity contribution in [2.24, 2.45) is 0 Å². The van der Waals surface area contributed by atoms with E-state index in [-0.39, 0.29) is 5.41 Å². The van der Waals surface area contributed by atoms with E-state index in [0.29, 0.717) is 0 Å². The van der Waals surface area contributed by atoms with Gasteiger partial charge in [0.15, 0.2) is 0 Å². The number of benzene rings is 9. The number of para-hydroxylation sites is 1. The summed E-state index contributed by atoms with van der Waals surface area (Å²) in [7, 11) is 2.20. The van der Waals surface area contributed by atoms with Gasteiger partial charge in [0.05, 0.1) is 11.4 Å². The van der Waals surface area contributed by atoms with Crippen molar-refractivity contribution in [2.45, 2.75) is 29.1 Å². The summed E-state index contributed by atoms with van der Waals surface area (Å²) in [5, 5.41) is 7.61. The van der Waals surface area contributed by atoms with Crippen LogP contribution in [0.3, 0.4) is 0 Å². The van der Waals surface area contributed by atoms with E-state index in [2.05, 4.69) is 196 Å². The Morgan fingerprint density at radius 1 is 0.407 bits per heavy atom. The first-order chi connectivity index (χ1) is 26.5. The van der Waals surface area contributed by atoms with E-state index in [4.69, 9.17) is 0 Å². The van der Waals surface area contributed by atoms with Crippen molar-refractivity contribution in [1.82, 2.24) is 0 Å². The third-order valence-electron chi connectivity index (χ3n) is 12.1. The summed E-state index contributed by atoms with van der Waals surface area (Å²) in [5.41, 5.74) is 15.5. The fraction of sp³-hybridized carbons (Fsp3) is 0.0769. The molecule has 256 valence electrons. The lowest BCUT2D eigenvalue weighted by molar-refractivity contribution is 0.660. The van der Waals surface area contributed by atoms with E-state index in [1.54, 1.807) is 0 Å². The van der Waals surface area contributed by atoms with E-state index in [9.17, 15) is 0 Å². The van der Waals surface area contributed by atoms with Gasteiger partial charge in [-0.25, -0.2) is 0 Å². The molecule has 1 aliphatic heterocycles. The first kappa shape index (κ1) is 31.4. The van der Waals surface area contributed by atoms with Gasteiger partial charge in [-0.1, -0.05) is 165 Å². The predicted molar refractivity (Wildman–Crippen MR) is 231 cm³/mol. The molecule has 0 atom stereocenters. The summed E-state index contributed by atoms with van der Waals surface area (Å²) in [6.45, 7) is 4.76. The average molecular weight is 708 g/mol. The SMILES string of the molecule is CN1c2ccccc2Sc2ccc(-c3c4ccccc4c(-c4cccc5c4-c4ccccc4C5(C)C)c4cc(-c5cccc6ccccc56)ccc34)cc21. The molecule has 9 aromatic carbocycles. The van der Waals surface area contributed by atoms with Crippen LogP contribution in [0.25, 0.3) is 76.8 Å². The lowest BCUT2D eigenvalue weighted by Gasteiger charge is -2.30. The molecule has 0 spiro atoms. The lowest BCUT2D eigenvalue weighted by atomic mass is 9.80. The van der Waals surface area contributed by atoms with E-state index >= 15 is 0 Å². The second kappa shape index (κ2) is 11.7. The monoisotopic (exact) mass is 707 g/mol. The Bertz CT molecular complexity index is 3020. The van der Waals surface area contributed by atoms with Crippen LogP contribution >= 0.6 is 11.8 Å². The normalized spacial score (nSPS) is 13.9. The molecule has 0 fully saturated rings. The zero-order chi connectivity index (χ0) is 36.1. The predicted octanol–water partition coefficient (Wildman–Crippen LogP) is 14.7. The van der Waals surface area contributed by atoms with Gasteiger partial charge in [0.2, 0.25) is 0 Å². The highest BCUT2D eigenvalue weighted by Crippen LogP contribution is 2.55. The van der Waals surface area contributed by atoms with Gasteiger partial charge in [-0.3, -0.25) is 0 Å². The summed E-state index contributed by atoms with van der Waals surface area (Å²) >= 11 is 1.86. The highest BCUT2D eigenvalue weighted by molar-refractivity contribution is 7.99. The van der Waals surface area contributed by atoms with Crippen LogP contribution in [0.2, 0.25) is 0 Å². The van der Waals surface area contributed by atoms with Crippen LogP contribution in [-0.2, 0) is 5.41 Å². The molecule has 2 aliphatic rings. The number of hydrogen-bond donors (Lipinski definition) is 0. The molecule has 2 heteroatoms. The quantitative estimate of drug-likeness (QED) is 0.168. The van der Waals surface area contributed by atoms with E-state index in [1.165, 1.54) is 109 Å². The van der Waals surface area contributed by atoms with Gasteiger partial charge in [0.1, 0.15) is 0 Å². The highest BCUT2D eigenvalue weighted by atomic mass is 32.2. The molecular formula is C52H37NS. The maximum Gasteiger partial charge on any atom is 0.0556 e. The fourth-order valence-electron chi connectivity index (χ4n) is 9.48. The average Bonchev–Trinajstić information content (AvgIpc) is 3.45. The highest BCUT2D eigenvalue weighted by Gasteiger charge is 2.37. The van der Waals surface area contributed by atoms with Gasteiger partial charge < -0.3 is 4.90 Å². The second-order valence-electron chi connectivity index (χ2n) is 15.3. The summed E-state index contributed by atoms with van der Waals surface area (Å²) in [5.74, 6) is 0. The third-order valence-corrected chi connectivity index (χ3v) is 13.2. The molecule has 0 aromatic heterocycles. The molecule has 0 unspecified atom stereocenters. The Hall–Kier alpha value is -6.09. The standard InChI is InChI=1S/C52H37NS/c1-52(2)43-22-9-8-19-40(43)51-41(21-13-23-44(51)52)50-38-18-7-6-17-37(38)49(34-27-29-48-46(31-34)53(3)45-24-10-11-25-47(45)54-48)39-28-26-33(30-42(39)50)36-20-12-15-32-14-4-5-16-35(32)36/h4-31H,1-3H3. The Kier molecular flexibility index (Phi) is 6.81. The Morgan fingerprint density at radius 3 is 1.91 bits per heavy atom. The summed E-state index contributed by atoms with van der Waals surface area (Å²) in [6.07, 6.45) is 0. The van der Waals surface area contributed by atoms with Crippen LogP contribution in [0.5, 0.6) is 0 Å². The van der Waals surface area contributed by atoms with Crippen LogP contribution < -0.4 is 4.90 Å². The van der Waals surface area contributed by atoms with Crippen LogP contribution in [0.4, 0.5) is 11.4 Å². The van der Waals surface area contributed by atoms with Gasteiger partial charge in [-0.2, -0.15) is 0 Å². The molecule has 9 aromatic rings. The molecule has 11 rings (SSSR count). The Morgan fingerprint density at radius 2 is 1.02 bits per heavy atom. The molecule has 54 heavy (non-hydrogen) atoms. The van der Waals surface area contributed by atoms with E-state index < -0.39 is 0 Å². The third kappa shape index (κ3) is 4.47. The van der Waals surface area contributed by atoms with Gasteiger partial charge in [0, 0.05) is 22.3 Å². The minimum Gasteiger partial charge on any atom is -0.343 e. The molecule has 1 aliphatic carbocycles. The minimum atomic E-state index is -0.0899. The van der Waals surface area contributed by atoms with Crippen molar-refractivity contribution in [3.63, 3.8) is 0 Å². The van der Waals surface area contributed by atoms with Gasteiger partial charge >= 0.3 is 0 Å². The number of hydrogen-bond acceptors (Lipinski definition) is 2. The molecule has 0 amide bonds. The van der Waals surface area contributed by atoms with Crippen molar-refractivity contribution in [1.29, 1.82) is 0 Å². The Labute approximate surface area is 320 Å². The number of nitrogens with zero attached hydrogens (tertiary/aromatic N) is 1. The van der Waals surface area contributed by atoms with Crippen molar-refractivity contribution in [3.05, 3.63) is 181 Å². The fourth-order valence-corrected chi connectivity index (χ4v) is 10.6. The minimum absolute atomic E-state index is 0.0899. The smallest absolute Gasteiger partial charge is 0.0556 e. The first-order valence-electron chi connectivity index (χ1n) is 18.8. The van der Waals surface area contributed by atoms with Crippen LogP contribution in [0, 0.1) is 0 Å². The van der Waals surface area contributed by atoms with Crippen LogP contribution in [0.15, 0.2) is 180 Å². The van der Waals surface area contributed by atoms with Crippen molar-refractivity contribution < 1.29 is 0 Å². The van der Waals surface area contributed by atoms with Crippen molar-refractivity contribution >= 4 is 55.5 Å². The Balaban J connectivity index is 1.25. The molecule has 0 radical (unpaired) electrons. The molecule has 0 N–H and O–H groups in total. The lowest BCUT2D eigenvalue weighted by Crippen LogP contribution is -2.14. The van der Waals surface area contributed by atoms with Gasteiger partial charge in [0.25, 0.3) is 0 Å². The summed E-state index contributed by atoms with van der Waals surface area (Å²) in [4.78, 5) is 4.93. The molecule has 0 saturated carbocycles. The van der Waals surface area contributed by atoms with E-state index in [0.717, 1.165) is 0 Å². The zero-order valence-electron chi connectivity index (χ0n) is 30.5. The van der Waals surface area contributed by atoms with Crippen molar-refractivity contribution in [2.75, 3.05) is 11.9 Å². The van der Waals surface area contributed by atoms with Gasteiger partial charge in [-0.15, -0.1) is 0 Å². The number of rotatable bonds is 3. The molecule has 0 saturated heterocycles. The molecule has 0 bridgehead atoms. The summed E-state index contributed by atoms with van der Waals surface area (Å²) in [6, 6.07) is 63.6. The van der Waals surface area contributed by atoms with Crippen molar-refractivity contribution in [3.8, 4) is 44.5 Å². The number of anilines is 2. The maximum absolute atomic E-state index is 2.48. The summed E-state index contributed by atoms with van der Waals surface area (Å²) < 4.78 is 0. The topological polar surface area (TPSA) is 3.24 Å². The van der Waals surface area contributed by atoms with Gasteiger partial charge in [-0.05, 0) is 118 Å². The van der Waals surface area contributed by atoms with Crippen LogP contribution in [0.1, 0.15) is 25.0 Å². The number of fused-ring (bicyclic) bond motifs is 8. The maximum atomic E-state index is 2.48. The molecular weight excluding hydrogens is 671 g/mol. The van der Waals surface area contributed by atoms with E-state index in [1.807, 2.05) is 11.8 Å².